The molecule has 0 bridgehead atoms. The van der Waals surface area contributed by atoms with Crippen molar-refractivity contribution in [1.29, 1.82) is 0 Å². The quantitative estimate of drug-likeness (QED) is 0.850. The molecule has 0 radical (unpaired) electrons. The molecule has 0 aliphatic heterocycles. The maximum absolute atomic E-state index is 12.6. The van der Waals surface area contributed by atoms with Gasteiger partial charge in [0.2, 0.25) is 10.0 Å². The molecule has 1 amide bonds. The van der Waals surface area contributed by atoms with Crippen LogP contribution in [0.3, 0.4) is 0 Å². The molecule has 10 heteroatoms. The molecule has 0 aromatic heterocycles. The van der Waals surface area contributed by atoms with Gasteiger partial charge in [-0.25, -0.2) is 13.2 Å². The summed E-state index contributed by atoms with van der Waals surface area (Å²) in [5, 5.41) is 2.40. The molecular weight excluding hydrogens is 361 g/mol. The van der Waals surface area contributed by atoms with Crippen LogP contribution >= 0.6 is 0 Å². The number of alkyl carbamates (subject to hydrolysis) is 1. The van der Waals surface area contributed by atoms with Crippen molar-refractivity contribution in [3.8, 4) is 0 Å². The van der Waals surface area contributed by atoms with Gasteiger partial charge in [0.1, 0.15) is 5.60 Å². The van der Waals surface area contributed by atoms with Crippen LogP contribution in [0.25, 0.3) is 0 Å². The molecule has 0 heterocycles. The summed E-state index contributed by atoms with van der Waals surface area (Å²) in [5.41, 5.74) is -1.51. The van der Waals surface area contributed by atoms with Crippen LogP contribution in [0.15, 0.2) is 24.3 Å². The van der Waals surface area contributed by atoms with Crippen LogP contribution in [0, 0.1) is 0 Å². The van der Waals surface area contributed by atoms with Crippen LogP contribution in [0.1, 0.15) is 26.3 Å². The Hall–Kier alpha value is -1.97. The number of nitrogens with zero attached hydrogens (tertiary/aromatic N) is 1. The largest absolute Gasteiger partial charge is 0.444 e. The third-order valence-corrected chi connectivity index (χ3v) is 4.06. The van der Waals surface area contributed by atoms with Gasteiger partial charge in [-0.2, -0.15) is 13.2 Å². The molecule has 0 saturated carbocycles. The van der Waals surface area contributed by atoms with E-state index in [0.717, 1.165) is 34.8 Å². The highest BCUT2D eigenvalue weighted by Gasteiger charge is 2.30. The molecule has 142 valence electrons. The highest BCUT2D eigenvalue weighted by atomic mass is 32.2. The molecule has 0 aliphatic carbocycles. The van der Waals surface area contributed by atoms with Gasteiger partial charge in [0.05, 0.1) is 24.1 Å². The average molecular weight is 382 g/mol. The zero-order chi connectivity index (χ0) is 19.5. The van der Waals surface area contributed by atoms with E-state index in [1.54, 1.807) is 20.8 Å². The molecule has 1 aromatic carbocycles. The first-order valence-corrected chi connectivity index (χ1v) is 9.17. The predicted octanol–water partition coefficient (Wildman–Crippen LogP) is 3.00. The Morgan fingerprint density at radius 3 is 2.08 bits per heavy atom. The smallest absolute Gasteiger partial charge is 0.416 e. The van der Waals surface area contributed by atoms with Crippen molar-refractivity contribution in [2.24, 2.45) is 0 Å². The average Bonchev–Trinajstić information content (AvgIpc) is 2.39. The zero-order valence-corrected chi connectivity index (χ0v) is 15.2. The fraction of sp³-hybridized carbons (Fsp3) is 0.533. The maximum Gasteiger partial charge on any atom is 0.416 e. The lowest BCUT2D eigenvalue weighted by molar-refractivity contribution is -0.137. The molecule has 0 fully saturated rings. The van der Waals surface area contributed by atoms with Gasteiger partial charge in [-0.3, -0.25) is 4.31 Å². The molecular formula is C15H21F3N2O4S. The van der Waals surface area contributed by atoms with E-state index in [9.17, 15) is 26.4 Å². The number of nitrogens with one attached hydrogen (secondary N) is 1. The summed E-state index contributed by atoms with van der Waals surface area (Å²) in [6, 6.07) is 3.73. The van der Waals surface area contributed by atoms with E-state index in [0.29, 0.717) is 0 Å². The second kappa shape index (κ2) is 7.51. The van der Waals surface area contributed by atoms with Crippen molar-refractivity contribution >= 4 is 21.8 Å². The Kier molecular flexibility index (Phi) is 6.33. The molecule has 0 unspecified atom stereocenters. The van der Waals surface area contributed by atoms with Crippen LogP contribution in [0.4, 0.5) is 23.7 Å². The Labute approximate surface area is 145 Å². The Morgan fingerprint density at radius 1 is 1.16 bits per heavy atom. The number of halogens is 3. The van der Waals surface area contributed by atoms with Crippen molar-refractivity contribution in [3.05, 3.63) is 29.8 Å². The van der Waals surface area contributed by atoms with Crippen molar-refractivity contribution in [2.45, 2.75) is 32.5 Å². The molecule has 1 aromatic rings. The van der Waals surface area contributed by atoms with E-state index in [4.69, 9.17) is 4.74 Å². The van der Waals surface area contributed by atoms with Crippen LogP contribution in [0.2, 0.25) is 0 Å². The van der Waals surface area contributed by atoms with Gasteiger partial charge < -0.3 is 10.1 Å². The summed E-state index contributed by atoms with van der Waals surface area (Å²) in [7, 11) is -3.74. The van der Waals surface area contributed by atoms with Crippen LogP contribution in [-0.4, -0.2) is 39.5 Å². The first kappa shape index (κ1) is 21.1. The fourth-order valence-electron chi connectivity index (χ4n) is 1.88. The monoisotopic (exact) mass is 382 g/mol. The summed E-state index contributed by atoms with van der Waals surface area (Å²) in [5.74, 6) is 0. The summed E-state index contributed by atoms with van der Waals surface area (Å²) in [6.45, 7) is 4.82. The topological polar surface area (TPSA) is 75.7 Å². The standard InChI is InChI=1S/C15H21F3N2O4S/c1-14(2,3)24-13(21)19-9-10-20(25(4,22)23)12-7-5-11(6-8-12)15(16,17)18/h5-8H,9-10H2,1-4H3,(H,19,21). The van der Waals surface area contributed by atoms with E-state index in [2.05, 4.69) is 5.32 Å². The number of amides is 1. The lowest BCUT2D eigenvalue weighted by Gasteiger charge is -2.24. The van der Waals surface area contributed by atoms with Gasteiger partial charge in [0.15, 0.2) is 0 Å². The molecule has 0 saturated heterocycles. The molecule has 0 atom stereocenters. The van der Waals surface area contributed by atoms with E-state index in [-0.39, 0.29) is 18.8 Å². The number of hydrogen-bond acceptors (Lipinski definition) is 4. The highest BCUT2D eigenvalue weighted by molar-refractivity contribution is 7.92. The fourth-order valence-corrected chi connectivity index (χ4v) is 2.80. The van der Waals surface area contributed by atoms with Crippen LogP contribution in [-0.2, 0) is 20.9 Å². The highest BCUT2D eigenvalue weighted by Crippen LogP contribution is 2.30. The number of alkyl halides is 3. The summed E-state index contributed by atoms with van der Waals surface area (Å²) >= 11 is 0. The number of sulfonamides is 1. The molecule has 6 nitrogen and oxygen atoms in total. The number of rotatable bonds is 5. The predicted molar refractivity (Wildman–Crippen MR) is 87.9 cm³/mol. The van der Waals surface area contributed by atoms with Gasteiger partial charge >= 0.3 is 12.3 Å². The number of hydrogen-bond donors (Lipinski definition) is 1. The summed E-state index contributed by atoms with van der Waals surface area (Å²) in [6.07, 6.45) is -4.29. The number of ether oxygens (including phenoxy) is 1. The SMILES string of the molecule is CC(C)(C)OC(=O)NCCN(c1ccc(C(F)(F)F)cc1)S(C)(=O)=O. The van der Waals surface area contributed by atoms with Gasteiger partial charge in [-0.15, -0.1) is 0 Å². The van der Waals surface area contributed by atoms with Gasteiger partial charge in [0.25, 0.3) is 0 Å². The number of benzene rings is 1. The molecule has 0 spiro atoms. The van der Waals surface area contributed by atoms with E-state index >= 15 is 0 Å². The normalized spacial score (nSPS) is 12.6. The third-order valence-electron chi connectivity index (χ3n) is 2.87. The lowest BCUT2D eigenvalue weighted by atomic mass is 10.2. The van der Waals surface area contributed by atoms with Gasteiger partial charge in [0, 0.05) is 6.54 Å². The molecule has 1 rings (SSSR count). The first-order valence-electron chi connectivity index (χ1n) is 7.32. The van der Waals surface area contributed by atoms with Crippen molar-refractivity contribution in [1.82, 2.24) is 5.32 Å². The number of carbonyl (C=O) groups is 1. The molecule has 1 N–H and O–H groups in total. The van der Waals surface area contributed by atoms with Gasteiger partial charge in [-0.1, -0.05) is 0 Å². The molecule has 25 heavy (non-hydrogen) atoms. The van der Waals surface area contributed by atoms with Crippen LogP contribution in [0.5, 0.6) is 0 Å². The summed E-state index contributed by atoms with van der Waals surface area (Å²) in [4.78, 5) is 11.6. The maximum atomic E-state index is 12.6. The minimum atomic E-state index is -4.51. The second-order valence-corrected chi connectivity index (χ2v) is 8.22. The molecule has 0 aliphatic rings. The van der Waals surface area contributed by atoms with E-state index < -0.39 is 33.5 Å². The lowest BCUT2D eigenvalue weighted by Crippen LogP contribution is -2.40. The minimum absolute atomic E-state index is 0.0665. The van der Waals surface area contributed by atoms with Crippen molar-refractivity contribution in [3.63, 3.8) is 0 Å². The van der Waals surface area contributed by atoms with Crippen LogP contribution < -0.4 is 9.62 Å². The first-order chi connectivity index (χ1) is 11.2. The zero-order valence-electron chi connectivity index (χ0n) is 14.3. The number of carbonyl (C=O) groups excluding carboxylic acids is 1. The van der Waals surface area contributed by atoms with Crippen molar-refractivity contribution in [2.75, 3.05) is 23.7 Å². The van der Waals surface area contributed by atoms with Crippen molar-refractivity contribution < 1.29 is 31.1 Å². The van der Waals surface area contributed by atoms with E-state index in [1.165, 1.54) is 0 Å². The third kappa shape index (κ3) is 7.20. The Bertz CT molecular complexity index is 695. The Balaban J connectivity index is 2.81. The summed E-state index contributed by atoms with van der Waals surface area (Å²) < 4.78 is 67.4. The number of anilines is 1. The minimum Gasteiger partial charge on any atom is -0.444 e. The van der Waals surface area contributed by atoms with Gasteiger partial charge in [-0.05, 0) is 45.0 Å². The second-order valence-electron chi connectivity index (χ2n) is 6.31. The Morgan fingerprint density at radius 2 is 1.68 bits per heavy atom. The van der Waals surface area contributed by atoms with E-state index in [1.807, 2.05) is 0 Å².